The molecule has 0 radical (unpaired) electrons. The van der Waals surface area contributed by atoms with Crippen LogP contribution in [0, 0.1) is 0 Å². The minimum absolute atomic E-state index is 0.0119. The summed E-state index contributed by atoms with van der Waals surface area (Å²) < 4.78 is 15.7. The number of fused-ring (bicyclic) bond motifs is 1. The molecular weight excluding hydrogens is 372 g/mol. The fraction of sp³-hybridized carbons (Fsp3) is 0.545. The first kappa shape index (κ1) is 21.2. The van der Waals surface area contributed by atoms with E-state index in [1.165, 1.54) is 0 Å². The molecule has 1 aliphatic heterocycles. The van der Waals surface area contributed by atoms with Gasteiger partial charge < -0.3 is 24.4 Å². The Hall–Kier alpha value is -2.54. The maximum Gasteiger partial charge on any atom is 0.250 e. The first-order valence-corrected chi connectivity index (χ1v) is 10.1. The molecule has 7 heteroatoms. The number of hydrogen-bond acceptors (Lipinski definition) is 5. The number of benzene rings is 1. The predicted molar refractivity (Wildman–Crippen MR) is 109 cm³/mol. The maximum absolute atomic E-state index is 13.0. The summed E-state index contributed by atoms with van der Waals surface area (Å²) in [5, 5.41) is 2.92. The van der Waals surface area contributed by atoms with Gasteiger partial charge in [-0.2, -0.15) is 0 Å². The zero-order valence-corrected chi connectivity index (χ0v) is 17.5. The van der Waals surface area contributed by atoms with Crippen molar-refractivity contribution < 1.29 is 23.8 Å². The number of carbonyl (C=O) groups excluding carboxylic acids is 2. The molecule has 0 spiro atoms. The number of amides is 2. The Morgan fingerprint density at radius 1 is 1.14 bits per heavy atom. The molecule has 0 bridgehead atoms. The molecule has 0 saturated heterocycles. The quantitative estimate of drug-likeness (QED) is 0.687. The maximum atomic E-state index is 13.0. The molecule has 29 heavy (non-hydrogen) atoms. The lowest BCUT2D eigenvalue weighted by molar-refractivity contribution is -0.129. The van der Waals surface area contributed by atoms with Gasteiger partial charge in [-0.05, 0) is 42.5 Å². The number of carbonyl (C=O) groups is 2. The Kier molecular flexibility index (Phi) is 7.14. The second kappa shape index (κ2) is 9.78. The fourth-order valence-corrected chi connectivity index (χ4v) is 4.17. The van der Waals surface area contributed by atoms with Gasteiger partial charge >= 0.3 is 0 Å². The van der Waals surface area contributed by atoms with Crippen molar-refractivity contribution in [3.8, 4) is 11.5 Å². The van der Waals surface area contributed by atoms with Crippen molar-refractivity contribution in [1.29, 1.82) is 0 Å². The smallest absolute Gasteiger partial charge is 0.250 e. The molecule has 1 aromatic carbocycles. The number of nitrogens with zero attached hydrogens (tertiary/aromatic N) is 1. The number of rotatable bonds is 9. The van der Waals surface area contributed by atoms with Gasteiger partial charge in [-0.3, -0.25) is 9.59 Å². The lowest BCUT2D eigenvalue weighted by atomic mass is 9.88. The van der Waals surface area contributed by atoms with Crippen molar-refractivity contribution in [2.24, 2.45) is 0 Å². The van der Waals surface area contributed by atoms with Crippen LogP contribution in [0.4, 0.5) is 0 Å². The predicted octanol–water partition coefficient (Wildman–Crippen LogP) is 2.44. The lowest BCUT2D eigenvalue weighted by Crippen LogP contribution is -2.39. The van der Waals surface area contributed by atoms with Crippen LogP contribution in [0.2, 0.25) is 0 Å². The van der Waals surface area contributed by atoms with E-state index in [0.717, 1.165) is 36.8 Å². The van der Waals surface area contributed by atoms with Crippen molar-refractivity contribution >= 4 is 11.8 Å². The lowest BCUT2D eigenvalue weighted by Gasteiger charge is -2.29. The van der Waals surface area contributed by atoms with Gasteiger partial charge in [0.25, 0.3) is 5.91 Å². The van der Waals surface area contributed by atoms with E-state index in [1.54, 1.807) is 27.4 Å². The third-order valence-electron chi connectivity index (χ3n) is 5.63. The van der Waals surface area contributed by atoms with Crippen molar-refractivity contribution in [2.45, 2.75) is 44.7 Å². The van der Waals surface area contributed by atoms with Gasteiger partial charge in [-0.15, -0.1) is 0 Å². The Morgan fingerprint density at radius 2 is 1.86 bits per heavy atom. The van der Waals surface area contributed by atoms with Crippen LogP contribution in [0.1, 0.15) is 37.7 Å². The van der Waals surface area contributed by atoms with Crippen LogP contribution in [-0.2, 0) is 20.9 Å². The highest BCUT2D eigenvalue weighted by molar-refractivity contribution is 6.02. The van der Waals surface area contributed by atoms with E-state index in [2.05, 4.69) is 5.32 Å². The highest BCUT2D eigenvalue weighted by atomic mass is 16.5. The topological polar surface area (TPSA) is 77.1 Å². The third-order valence-corrected chi connectivity index (χ3v) is 5.63. The van der Waals surface area contributed by atoms with Crippen molar-refractivity contribution in [1.82, 2.24) is 10.2 Å². The van der Waals surface area contributed by atoms with Gasteiger partial charge in [0.1, 0.15) is 11.5 Å². The van der Waals surface area contributed by atoms with Gasteiger partial charge in [0.2, 0.25) is 5.91 Å². The minimum atomic E-state index is -0.152. The molecule has 2 amide bonds. The van der Waals surface area contributed by atoms with Crippen LogP contribution in [0.3, 0.4) is 0 Å². The van der Waals surface area contributed by atoms with Gasteiger partial charge in [0.15, 0.2) is 0 Å². The molecule has 1 aromatic rings. The van der Waals surface area contributed by atoms with Gasteiger partial charge in [0.05, 0.1) is 33.3 Å². The van der Waals surface area contributed by atoms with Gasteiger partial charge in [-0.1, -0.05) is 6.42 Å². The largest absolute Gasteiger partial charge is 0.497 e. The summed E-state index contributed by atoms with van der Waals surface area (Å²) in [6.45, 7) is 1.42. The molecule has 1 unspecified atom stereocenters. The monoisotopic (exact) mass is 402 g/mol. The average Bonchev–Trinajstić information content (AvgIpc) is 3.01. The number of nitrogens with one attached hydrogen (secondary N) is 1. The highest BCUT2D eigenvalue weighted by Gasteiger charge is 2.39. The highest BCUT2D eigenvalue weighted by Crippen LogP contribution is 2.37. The minimum Gasteiger partial charge on any atom is -0.497 e. The van der Waals surface area contributed by atoms with E-state index in [1.807, 2.05) is 17.0 Å². The summed E-state index contributed by atoms with van der Waals surface area (Å²) in [5.74, 6) is 1.18. The number of ether oxygens (including phenoxy) is 3. The molecule has 1 fully saturated rings. The van der Waals surface area contributed by atoms with Crippen LogP contribution >= 0.6 is 0 Å². The Labute approximate surface area is 172 Å². The van der Waals surface area contributed by atoms with Crippen molar-refractivity contribution in [3.05, 3.63) is 34.9 Å². The van der Waals surface area contributed by atoms with Crippen molar-refractivity contribution in [3.63, 3.8) is 0 Å². The molecule has 1 N–H and O–H groups in total. The molecule has 2 aliphatic rings. The van der Waals surface area contributed by atoms with E-state index in [-0.39, 0.29) is 24.3 Å². The average molecular weight is 402 g/mol. The standard InChI is InChI=1S/C22H30N2O5/c1-27-9-8-24-20-7-5-4-6-18(20)19(22(24)26)13-21(25)23-14-15-10-16(28-2)12-17(11-15)29-3/h10-12,20H,4-9,13-14H2,1-3H3,(H,23,25). The molecule has 7 nitrogen and oxygen atoms in total. The number of methoxy groups -OCH3 is 3. The molecule has 1 aliphatic carbocycles. The molecule has 1 saturated carbocycles. The van der Waals surface area contributed by atoms with Crippen LogP contribution in [0.25, 0.3) is 0 Å². The van der Waals surface area contributed by atoms with Crippen LogP contribution < -0.4 is 14.8 Å². The van der Waals surface area contributed by atoms with E-state index in [0.29, 0.717) is 36.8 Å². The van der Waals surface area contributed by atoms with Gasteiger partial charge in [0, 0.05) is 31.8 Å². The second-order valence-corrected chi connectivity index (χ2v) is 7.43. The summed E-state index contributed by atoms with van der Waals surface area (Å²) in [4.78, 5) is 27.5. The zero-order valence-electron chi connectivity index (χ0n) is 17.5. The van der Waals surface area contributed by atoms with E-state index < -0.39 is 0 Å². The fourth-order valence-electron chi connectivity index (χ4n) is 4.17. The third kappa shape index (κ3) is 4.90. The van der Waals surface area contributed by atoms with Crippen LogP contribution in [-0.4, -0.2) is 57.2 Å². The first-order valence-electron chi connectivity index (χ1n) is 10.1. The molecule has 1 heterocycles. The second-order valence-electron chi connectivity index (χ2n) is 7.43. The van der Waals surface area contributed by atoms with Crippen LogP contribution in [0.5, 0.6) is 11.5 Å². The summed E-state index contributed by atoms with van der Waals surface area (Å²) in [5.41, 5.74) is 2.70. The zero-order chi connectivity index (χ0) is 20.8. The van der Waals surface area contributed by atoms with E-state index in [9.17, 15) is 9.59 Å². The van der Waals surface area contributed by atoms with E-state index >= 15 is 0 Å². The van der Waals surface area contributed by atoms with Crippen LogP contribution in [0.15, 0.2) is 29.3 Å². The molecule has 0 aromatic heterocycles. The van der Waals surface area contributed by atoms with E-state index in [4.69, 9.17) is 14.2 Å². The summed E-state index contributed by atoms with van der Waals surface area (Å²) in [6, 6.07) is 5.63. The number of hydrogen-bond donors (Lipinski definition) is 1. The van der Waals surface area contributed by atoms with Crippen molar-refractivity contribution in [2.75, 3.05) is 34.5 Å². The van der Waals surface area contributed by atoms with Gasteiger partial charge in [-0.25, -0.2) is 0 Å². The first-order chi connectivity index (χ1) is 14.1. The summed E-state index contributed by atoms with van der Waals surface area (Å²) in [7, 11) is 4.82. The summed E-state index contributed by atoms with van der Waals surface area (Å²) >= 11 is 0. The Morgan fingerprint density at radius 3 is 2.52 bits per heavy atom. The molecule has 158 valence electrons. The summed E-state index contributed by atoms with van der Waals surface area (Å²) in [6.07, 6.45) is 4.18. The molecule has 3 rings (SSSR count). The Balaban J connectivity index is 1.66. The SMILES string of the molecule is COCCN1C(=O)C(CC(=O)NCc2cc(OC)cc(OC)c2)=C2CCCCC21. The molecular formula is C22H30N2O5. The molecule has 1 atom stereocenters. The Bertz CT molecular complexity index is 767. The normalized spacial score (nSPS) is 18.7.